The Morgan fingerprint density at radius 3 is 1.43 bits per heavy atom. The van der Waals surface area contributed by atoms with Gasteiger partial charge in [0.15, 0.2) is 11.9 Å². The van der Waals surface area contributed by atoms with E-state index in [1.807, 2.05) is 18.2 Å². The second-order valence-corrected chi connectivity index (χ2v) is 18.0. The Hall–Kier alpha value is -6.89. The van der Waals surface area contributed by atoms with Crippen LogP contribution in [0.3, 0.4) is 0 Å². The number of nitrogens with zero attached hydrogens (tertiary/aromatic N) is 2. The number of carboxylic acids is 1. The van der Waals surface area contributed by atoms with E-state index in [4.69, 9.17) is 40.1 Å². The largest absolute Gasteiger partial charge is 0.480 e. The topological polar surface area (TPSA) is 493 Å². The summed E-state index contributed by atoms with van der Waals surface area (Å²) in [5, 5.41) is 30.7. The summed E-state index contributed by atoms with van der Waals surface area (Å²) in [5.74, 6) is -8.27. The molecule has 7 atom stereocenters. The summed E-state index contributed by atoms with van der Waals surface area (Å²) in [7, 11) is 0. The zero-order chi connectivity index (χ0) is 55.9. The van der Waals surface area contributed by atoms with Gasteiger partial charge in [-0.15, -0.1) is 0 Å². The minimum Gasteiger partial charge on any atom is -0.480 e. The van der Waals surface area contributed by atoms with Gasteiger partial charge in [-0.05, 0) is 88.9 Å². The number of fused-ring (bicyclic) bond motifs is 1. The molecule has 0 fully saturated rings. The van der Waals surface area contributed by atoms with Crippen molar-refractivity contribution in [3.8, 4) is 0 Å². The van der Waals surface area contributed by atoms with E-state index < -0.39 is 109 Å². The molecule has 0 bridgehead atoms. The van der Waals surface area contributed by atoms with Gasteiger partial charge in [0.25, 0.3) is 0 Å². The quantitative estimate of drug-likeness (QED) is 0.0130. The number of aliphatic carboxylic acids is 1. The molecule has 24 N–H and O–H groups in total. The summed E-state index contributed by atoms with van der Waals surface area (Å²) in [6, 6.07) is -1.78. The normalized spacial score (nSPS) is 13.7. The Bertz CT molecular complexity index is 2260. The maximum atomic E-state index is 14.4. The molecule has 0 saturated heterocycles. The Morgan fingerprint density at radius 1 is 0.547 bits per heavy atom. The second-order valence-electron chi connectivity index (χ2n) is 17.3. The van der Waals surface area contributed by atoms with Gasteiger partial charge in [-0.3, -0.25) is 48.3 Å². The first-order valence-electron chi connectivity index (χ1n) is 24.4. The zero-order valence-electron chi connectivity index (χ0n) is 41.8. The molecule has 1 aromatic heterocycles. The van der Waals surface area contributed by atoms with Crippen LogP contribution in [0.2, 0.25) is 0 Å². The first-order chi connectivity index (χ1) is 35.7. The molecule has 418 valence electrons. The summed E-state index contributed by atoms with van der Waals surface area (Å²) < 4.78 is 0. The standard InChI is InChI=1S/C45H76N18O10S2/c46-15-5-3-11-29(38(67)61-32(14-8-18-54-45(51)52)41(70)63-34(24-75)43(72)73)59-40(69)31(13-7-17-53-44(49)50)60-39(68)30(12-4-6-16-47)62-42(71)33(19-25-20-55-28-10-2-1-9-26(25)28)58-36(65)22-56-35(64)21-57-37(66)27(48)23-74/h1-2,9-10,20,27,29-34,55,74-75H,3-8,11-19,21-24,46-48H2,(H,56,64)(H,57,66)(H,58,65)(H,59,69)(H,60,68)(H,61,67)(H,62,71)(H,63,70)(H,72,73)(H4,49,50,53)(H4,51,52,54)/t27-,29-,30-,31-,32-,33-,34-/m0/s1. The van der Waals surface area contributed by atoms with Crippen molar-refractivity contribution in [3.05, 3.63) is 36.0 Å². The van der Waals surface area contributed by atoms with Crippen LogP contribution in [0, 0.1) is 0 Å². The fourth-order valence-corrected chi connectivity index (χ4v) is 7.63. The molecule has 1 heterocycles. The Labute approximate surface area is 445 Å². The lowest BCUT2D eigenvalue weighted by atomic mass is 10.0. The molecule has 0 spiro atoms. The van der Waals surface area contributed by atoms with Gasteiger partial charge in [-0.25, -0.2) is 4.79 Å². The van der Waals surface area contributed by atoms with Crippen LogP contribution in [0.25, 0.3) is 10.9 Å². The Kier molecular flexibility index (Phi) is 30.3. The van der Waals surface area contributed by atoms with Gasteiger partial charge < -0.3 is 92.8 Å². The molecule has 8 amide bonds. The molecule has 28 nitrogen and oxygen atoms in total. The highest BCUT2D eigenvalue weighted by atomic mass is 32.1. The number of aliphatic imine (C=N–C) groups is 2. The van der Waals surface area contributed by atoms with Crippen LogP contribution in [0.15, 0.2) is 40.4 Å². The molecule has 0 radical (unpaired) electrons. The number of H-pyrrole nitrogens is 1. The molecule has 30 heteroatoms. The third kappa shape index (κ3) is 24.8. The number of guanidine groups is 2. The van der Waals surface area contributed by atoms with Crippen molar-refractivity contribution in [2.24, 2.45) is 50.1 Å². The highest BCUT2D eigenvalue weighted by Crippen LogP contribution is 2.20. The fraction of sp³-hybridized carbons (Fsp3) is 0.578. The van der Waals surface area contributed by atoms with Crippen molar-refractivity contribution in [1.29, 1.82) is 0 Å². The molecular weight excluding hydrogens is 1020 g/mol. The van der Waals surface area contributed by atoms with E-state index in [1.165, 1.54) is 0 Å². The van der Waals surface area contributed by atoms with Gasteiger partial charge in [-0.1, -0.05) is 18.2 Å². The summed E-state index contributed by atoms with van der Waals surface area (Å²) in [6.07, 6.45) is 3.37. The SMILES string of the molecule is NCCCC[C@H](NC(=O)[C@H](Cc1c[nH]c2ccccc12)NC(=O)CNC(=O)CNC(=O)[C@@H](N)CS)C(=O)N[C@@H](CCCN=C(N)N)C(=O)N[C@@H](CCCCN)C(=O)N[C@@H](CCCN=C(N)N)C(=O)N[C@@H](CS)C(=O)O. The predicted molar refractivity (Wildman–Crippen MR) is 289 cm³/mol. The average molecular weight is 1090 g/mol. The minimum absolute atomic E-state index is 0.0207. The maximum Gasteiger partial charge on any atom is 0.327 e. The summed E-state index contributed by atoms with van der Waals surface area (Å²) >= 11 is 7.96. The highest BCUT2D eigenvalue weighted by molar-refractivity contribution is 7.80. The number of hydrogen-bond donors (Lipinski definition) is 19. The molecule has 0 aliphatic carbocycles. The van der Waals surface area contributed by atoms with Crippen LogP contribution < -0.4 is 82.7 Å². The van der Waals surface area contributed by atoms with E-state index in [-0.39, 0.29) is 94.5 Å². The third-order valence-corrected chi connectivity index (χ3v) is 12.0. The van der Waals surface area contributed by atoms with E-state index in [2.05, 4.69) is 82.8 Å². The Balaban J connectivity index is 2.48. The third-order valence-electron chi connectivity index (χ3n) is 11.3. The lowest BCUT2D eigenvalue weighted by Gasteiger charge is -2.27. The molecule has 2 rings (SSSR count). The van der Waals surface area contributed by atoms with Crippen LogP contribution in [-0.4, -0.2) is 168 Å². The lowest BCUT2D eigenvalue weighted by Crippen LogP contribution is -2.59. The summed E-state index contributed by atoms with van der Waals surface area (Å²) in [6.45, 7) is -0.488. The minimum atomic E-state index is -1.40. The van der Waals surface area contributed by atoms with Crippen molar-refractivity contribution in [3.63, 3.8) is 0 Å². The number of hydrogen-bond acceptors (Lipinski definition) is 16. The molecule has 0 unspecified atom stereocenters. The number of aromatic nitrogens is 1. The van der Waals surface area contributed by atoms with Crippen molar-refractivity contribution < 1.29 is 48.3 Å². The van der Waals surface area contributed by atoms with Crippen LogP contribution in [0.4, 0.5) is 0 Å². The van der Waals surface area contributed by atoms with Crippen LogP contribution in [-0.2, 0) is 49.6 Å². The van der Waals surface area contributed by atoms with E-state index in [9.17, 15) is 48.3 Å². The van der Waals surface area contributed by atoms with E-state index >= 15 is 0 Å². The second kappa shape index (κ2) is 35.3. The van der Waals surface area contributed by atoms with E-state index in [0.29, 0.717) is 31.2 Å². The number of rotatable bonds is 37. The number of nitrogens with one attached hydrogen (secondary N) is 9. The Morgan fingerprint density at radius 2 is 0.987 bits per heavy atom. The smallest absolute Gasteiger partial charge is 0.327 e. The number of aromatic amines is 1. The first-order valence-corrected chi connectivity index (χ1v) is 25.6. The summed E-state index contributed by atoms with van der Waals surface area (Å²) in [5.41, 5.74) is 40.5. The molecule has 2 aromatic rings. The van der Waals surface area contributed by atoms with Crippen molar-refractivity contribution in [1.82, 2.24) is 47.5 Å². The number of nitrogens with two attached hydrogens (primary N) is 7. The van der Waals surface area contributed by atoms with Gasteiger partial charge in [-0.2, -0.15) is 25.3 Å². The van der Waals surface area contributed by atoms with Gasteiger partial charge in [0.05, 0.1) is 19.1 Å². The van der Waals surface area contributed by atoms with Gasteiger partial charge in [0, 0.05) is 48.1 Å². The summed E-state index contributed by atoms with van der Waals surface area (Å²) in [4.78, 5) is 131. The average Bonchev–Trinajstić information content (AvgIpc) is 3.78. The maximum absolute atomic E-state index is 14.4. The van der Waals surface area contributed by atoms with Crippen LogP contribution in [0.5, 0.6) is 0 Å². The number of carbonyl (C=O) groups is 9. The molecule has 75 heavy (non-hydrogen) atoms. The van der Waals surface area contributed by atoms with Gasteiger partial charge >= 0.3 is 5.97 Å². The molecule has 0 aliphatic heterocycles. The van der Waals surface area contributed by atoms with Crippen molar-refractivity contribution in [2.45, 2.75) is 113 Å². The number of para-hydroxylation sites is 1. The number of carbonyl (C=O) groups excluding carboxylic acids is 8. The number of amides is 8. The van der Waals surface area contributed by atoms with E-state index in [0.717, 1.165) is 10.9 Å². The molecule has 0 saturated carbocycles. The number of carboxylic acid groups (broad SMARTS) is 1. The van der Waals surface area contributed by atoms with Gasteiger partial charge in [0.1, 0.15) is 36.3 Å². The van der Waals surface area contributed by atoms with Crippen molar-refractivity contribution >= 4 is 101 Å². The van der Waals surface area contributed by atoms with Crippen molar-refractivity contribution in [2.75, 3.05) is 50.8 Å². The lowest BCUT2D eigenvalue weighted by molar-refractivity contribution is -0.141. The number of benzene rings is 1. The van der Waals surface area contributed by atoms with E-state index in [1.54, 1.807) is 12.3 Å². The number of thiol groups is 2. The van der Waals surface area contributed by atoms with Crippen LogP contribution in [0.1, 0.15) is 69.8 Å². The predicted octanol–water partition coefficient (Wildman–Crippen LogP) is -5.51. The fourth-order valence-electron chi connectivity index (χ4n) is 7.21. The van der Waals surface area contributed by atoms with Gasteiger partial charge in [0.2, 0.25) is 47.3 Å². The monoisotopic (exact) mass is 1090 g/mol. The number of unbranched alkanes of at least 4 members (excludes halogenated alkanes) is 2. The molecular formula is C45H76N18O10S2. The molecule has 0 aliphatic rings. The first kappa shape index (κ1) is 64.2. The highest BCUT2D eigenvalue weighted by Gasteiger charge is 2.33. The van der Waals surface area contributed by atoms with Crippen LogP contribution >= 0.6 is 25.3 Å². The molecule has 1 aromatic carbocycles. The zero-order valence-corrected chi connectivity index (χ0v) is 43.6.